The largest absolute Gasteiger partial charge is 0.305 e. The zero-order valence-corrected chi connectivity index (χ0v) is 7.53. The predicted octanol–water partition coefficient (Wildman–Crippen LogP) is 2.04. The molecule has 1 aliphatic rings. The van der Waals surface area contributed by atoms with Crippen LogP contribution in [0.2, 0.25) is 0 Å². The molecule has 0 saturated heterocycles. The van der Waals surface area contributed by atoms with Crippen LogP contribution in [0.1, 0.15) is 32.6 Å². The van der Waals surface area contributed by atoms with Crippen LogP contribution in [0.15, 0.2) is 0 Å². The van der Waals surface area contributed by atoms with Gasteiger partial charge in [0.15, 0.2) is 0 Å². The van der Waals surface area contributed by atoms with Crippen LogP contribution >= 0.6 is 12.6 Å². The molecule has 1 N–H and O–H groups in total. The SMILES string of the molecule is CC(S)NCC1CCCC1. The lowest BCUT2D eigenvalue weighted by molar-refractivity contribution is 0.489. The monoisotopic (exact) mass is 159 g/mol. The maximum Gasteiger partial charge on any atom is 0.0473 e. The second kappa shape index (κ2) is 4.24. The lowest BCUT2D eigenvalue weighted by atomic mass is 10.1. The van der Waals surface area contributed by atoms with Gasteiger partial charge < -0.3 is 5.32 Å². The van der Waals surface area contributed by atoms with Crippen molar-refractivity contribution in [1.29, 1.82) is 0 Å². The van der Waals surface area contributed by atoms with Crippen LogP contribution in [-0.2, 0) is 0 Å². The van der Waals surface area contributed by atoms with E-state index in [2.05, 4.69) is 24.9 Å². The second-order valence-electron chi connectivity index (χ2n) is 3.23. The summed E-state index contributed by atoms with van der Waals surface area (Å²) in [6, 6.07) is 0. The Labute approximate surface area is 69.0 Å². The van der Waals surface area contributed by atoms with Gasteiger partial charge in [0.25, 0.3) is 0 Å². The molecule has 1 atom stereocenters. The van der Waals surface area contributed by atoms with Gasteiger partial charge in [-0.3, -0.25) is 0 Å². The summed E-state index contributed by atoms with van der Waals surface area (Å²) >= 11 is 4.26. The minimum Gasteiger partial charge on any atom is -0.305 e. The summed E-state index contributed by atoms with van der Waals surface area (Å²) in [5, 5.41) is 3.71. The molecule has 0 radical (unpaired) electrons. The Morgan fingerprint density at radius 3 is 2.60 bits per heavy atom. The Balaban J connectivity index is 2.01. The van der Waals surface area contributed by atoms with E-state index >= 15 is 0 Å². The van der Waals surface area contributed by atoms with Crippen molar-refractivity contribution in [3.8, 4) is 0 Å². The Morgan fingerprint density at radius 1 is 1.50 bits per heavy atom. The average Bonchev–Trinajstić information content (AvgIpc) is 2.34. The molecule has 0 heterocycles. The lowest BCUT2D eigenvalue weighted by Crippen LogP contribution is -2.26. The van der Waals surface area contributed by atoms with Crippen molar-refractivity contribution in [1.82, 2.24) is 5.32 Å². The molecule has 1 rings (SSSR count). The van der Waals surface area contributed by atoms with Crippen molar-refractivity contribution in [2.75, 3.05) is 6.54 Å². The van der Waals surface area contributed by atoms with Gasteiger partial charge in [-0.1, -0.05) is 12.8 Å². The highest BCUT2D eigenvalue weighted by Crippen LogP contribution is 2.23. The summed E-state index contributed by atoms with van der Waals surface area (Å²) in [6.45, 7) is 3.25. The fraction of sp³-hybridized carbons (Fsp3) is 1.00. The first-order chi connectivity index (χ1) is 4.79. The summed E-state index contributed by atoms with van der Waals surface area (Å²) in [5.41, 5.74) is 0. The van der Waals surface area contributed by atoms with Crippen LogP contribution in [-0.4, -0.2) is 11.9 Å². The molecule has 0 spiro atoms. The highest BCUT2D eigenvalue weighted by molar-refractivity contribution is 7.80. The van der Waals surface area contributed by atoms with Crippen LogP contribution in [0.4, 0.5) is 0 Å². The second-order valence-corrected chi connectivity index (χ2v) is 4.01. The molecule has 60 valence electrons. The van der Waals surface area contributed by atoms with Gasteiger partial charge in [0.1, 0.15) is 0 Å². The third kappa shape index (κ3) is 2.93. The van der Waals surface area contributed by atoms with E-state index in [9.17, 15) is 0 Å². The molecule has 1 nitrogen and oxygen atoms in total. The third-order valence-electron chi connectivity index (χ3n) is 2.18. The average molecular weight is 159 g/mol. The van der Waals surface area contributed by atoms with Gasteiger partial charge in [-0.15, -0.1) is 0 Å². The maximum atomic E-state index is 4.26. The molecule has 1 fully saturated rings. The normalized spacial score (nSPS) is 23.4. The molecule has 1 unspecified atom stereocenters. The van der Waals surface area contributed by atoms with Crippen LogP contribution in [0.3, 0.4) is 0 Å². The number of hydrogen-bond acceptors (Lipinski definition) is 2. The van der Waals surface area contributed by atoms with Gasteiger partial charge in [0.05, 0.1) is 0 Å². The summed E-state index contributed by atoms with van der Waals surface area (Å²) in [5.74, 6) is 0.939. The first-order valence-electron chi connectivity index (χ1n) is 4.20. The van der Waals surface area contributed by atoms with Crippen LogP contribution in [0.5, 0.6) is 0 Å². The molecule has 0 aromatic heterocycles. The summed E-state index contributed by atoms with van der Waals surface area (Å²) in [4.78, 5) is 0. The van der Waals surface area contributed by atoms with Crippen molar-refractivity contribution >= 4 is 12.6 Å². The zero-order chi connectivity index (χ0) is 7.40. The molecule has 0 amide bonds. The third-order valence-corrected chi connectivity index (χ3v) is 2.36. The van der Waals surface area contributed by atoms with Crippen molar-refractivity contribution in [3.05, 3.63) is 0 Å². The van der Waals surface area contributed by atoms with Gasteiger partial charge in [-0.25, -0.2) is 0 Å². The maximum absolute atomic E-state index is 4.26. The first-order valence-corrected chi connectivity index (χ1v) is 4.72. The molecule has 1 saturated carbocycles. The molecular formula is C8H17NS. The Morgan fingerprint density at radius 2 is 2.10 bits per heavy atom. The summed E-state index contributed by atoms with van der Waals surface area (Å²) in [6.07, 6.45) is 5.72. The van der Waals surface area contributed by atoms with Gasteiger partial charge in [-0.2, -0.15) is 12.6 Å². The van der Waals surface area contributed by atoms with Gasteiger partial charge in [-0.05, 0) is 32.2 Å². The van der Waals surface area contributed by atoms with E-state index in [4.69, 9.17) is 0 Å². The zero-order valence-electron chi connectivity index (χ0n) is 6.64. The lowest BCUT2D eigenvalue weighted by Gasteiger charge is -2.11. The minimum atomic E-state index is 0.362. The number of hydrogen-bond donors (Lipinski definition) is 2. The predicted molar refractivity (Wildman–Crippen MR) is 48.4 cm³/mol. The highest BCUT2D eigenvalue weighted by atomic mass is 32.1. The van der Waals surface area contributed by atoms with Crippen molar-refractivity contribution in [2.24, 2.45) is 5.92 Å². The van der Waals surface area contributed by atoms with Crippen LogP contribution in [0.25, 0.3) is 0 Å². The first kappa shape index (κ1) is 8.41. The molecule has 0 aromatic carbocycles. The standard InChI is InChI=1S/C8H17NS/c1-7(10)9-6-8-4-2-3-5-8/h7-10H,2-6H2,1H3. The van der Waals surface area contributed by atoms with Crippen molar-refractivity contribution in [3.63, 3.8) is 0 Å². The summed E-state index contributed by atoms with van der Waals surface area (Å²) in [7, 11) is 0. The fourth-order valence-electron chi connectivity index (χ4n) is 1.55. The minimum absolute atomic E-state index is 0.362. The molecule has 0 aromatic rings. The summed E-state index contributed by atoms with van der Waals surface area (Å²) < 4.78 is 0. The number of nitrogens with one attached hydrogen (secondary N) is 1. The molecule has 1 aliphatic carbocycles. The molecule has 10 heavy (non-hydrogen) atoms. The Kier molecular flexibility index (Phi) is 3.57. The smallest absolute Gasteiger partial charge is 0.0473 e. The van der Waals surface area contributed by atoms with Crippen LogP contribution < -0.4 is 5.32 Å². The topological polar surface area (TPSA) is 12.0 Å². The van der Waals surface area contributed by atoms with E-state index in [1.165, 1.54) is 32.2 Å². The quantitative estimate of drug-likeness (QED) is 0.474. The molecule has 0 bridgehead atoms. The Bertz CT molecular complexity index is 87.3. The highest BCUT2D eigenvalue weighted by Gasteiger charge is 2.14. The van der Waals surface area contributed by atoms with E-state index in [0.29, 0.717) is 5.37 Å². The van der Waals surface area contributed by atoms with Gasteiger partial charge in [0, 0.05) is 5.37 Å². The van der Waals surface area contributed by atoms with E-state index in [1.54, 1.807) is 0 Å². The van der Waals surface area contributed by atoms with Crippen LogP contribution in [0, 0.1) is 5.92 Å². The molecule has 0 aliphatic heterocycles. The fourth-order valence-corrected chi connectivity index (χ4v) is 1.66. The van der Waals surface area contributed by atoms with Gasteiger partial charge in [0.2, 0.25) is 0 Å². The number of thiol groups is 1. The van der Waals surface area contributed by atoms with Crippen molar-refractivity contribution in [2.45, 2.75) is 38.0 Å². The van der Waals surface area contributed by atoms with E-state index in [-0.39, 0.29) is 0 Å². The molecule has 2 heteroatoms. The van der Waals surface area contributed by atoms with Crippen molar-refractivity contribution < 1.29 is 0 Å². The van der Waals surface area contributed by atoms with E-state index in [0.717, 1.165) is 5.92 Å². The number of rotatable bonds is 3. The molecular weight excluding hydrogens is 142 g/mol. The van der Waals surface area contributed by atoms with Gasteiger partial charge >= 0.3 is 0 Å². The van der Waals surface area contributed by atoms with E-state index in [1.807, 2.05) is 0 Å². The van der Waals surface area contributed by atoms with E-state index < -0.39 is 0 Å². The Hall–Kier alpha value is 0.310.